The molecule has 23 heteroatoms. The van der Waals surface area contributed by atoms with Crippen LogP contribution in [0.2, 0.25) is 0 Å². The van der Waals surface area contributed by atoms with Crippen LogP contribution in [-0.2, 0) is 31.1 Å². The summed E-state index contributed by atoms with van der Waals surface area (Å²) in [6.45, 7) is -0.0994. The van der Waals surface area contributed by atoms with Crippen molar-refractivity contribution < 1.29 is 80.0 Å². The number of carbonyl (C=O) groups excluding carboxylic acids is 2. The number of hydrogen-bond acceptors (Lipinski definition) is 10. The summed E-state index contributed by atoms with van der Waals surface area (Å²) in [7, 11) is -4.32. The van der Waals surface area contributed by atoms with Gasteiger partial charge in [-0.1, -0.05) is 64.0 Å². The standard InChI is InChI=1S/C38H54F6N5O11P/c1-2-3-4-5-6-7-8-9-16-61(56,57)49-29-27(19-50)58-21-26(47-35(54)45-24-14-10-12-22(17-24)37(39,40)41)33(29)60-34-30(32(53)31(52)28(20-51)59-34)48-36(55)46-25-15-11-13-23(18-25)38(42,43)44/h10-15,17-18,26-34,50-53H,2-9,16,19-21H2,1H3,(H2,45,47,54)(H2,46,48,55)(H2,49,56,57)/t26?,27?,28?,29-,30?,31+,32?,33?,34-/m0/s1. The van der Waals surface area contributed by atoms with Crippen molar-refractivity contribution in [1.82, 2.24) is 15.7 Å². The van der Waals surface area contributed by atoms with Gasteiger partial charge in [-0.25, -0.2) is 14.7 Å². The molecule has 10 N–H and O–H groups in total. The summed E-state index contributed by atoms with van der Waals surface area (Å²) in [5, 5.41) is 54.0. The number of unbranched alkanes of at least 4 members (excludes halogenated alkanes) is 7. The van der Waals surface area contributed by atoms with Crippen LogP contribution < -0.4 is 26.4 Å². The maximum absolute atomic E-state index is 13.7. The SMILES string of the molecule is CCCCCCCCCCP(=O)(O)N[C@H]1C(CO)OCC(NC(=O)Nc2cccc(C(F)(F)F)c2)C1O[C@@H]1OC(CO)[C@@H](O)C(O)C1NC(=O)Nc1cccc(C(F)(F)F)c1. The van der Waals surface area contributed by atoms with Crippen LogP contribution in [0.3, 0.4) is 0 Å². The van der Waals surface area contributed by atoms with Gasteiger partial charge in [0.15, 0.2) is 6.29 Å². The first-order valence-electron chi connectivity index (χ1n) is 19.9. The number of benzene rings is 2. The highest BCUT2D eigenvalue weighted by atomic mass is 31.2. The van der Waals surface area contributed by atoms with Crippen LogP contribution in [0.4, 0.5) is 47.3 Å². The molecule has 2 aliphatic rings. The van der Waals surface area contributed by atoms with Gasteiger partial charge in [-0.05, 0) is 42.8 Å². The Labute approximate surface area is 348 Å². The lowest BCUT2D eigenvalue weighted by atomic mass is 9.94. The Balaban J connectivity index is 1.62. The molecule has 0 saturated carbocycles. The molecule has 2 saturated heterocycles. The Morgan fingerprint density at radius 2 is 1.30 bits per heavy atom. The molecule has 2 heterocycles. The van der Waals surface area contributed by atoms with Gasteiger partial charge in [-0.15, -0.1) is 0 Å². The molecule has 7 unspecified atom stereocenters. The number of hydrogen-bond donors (Lipinski definition) is 10. The Kier molecular flexibility index (Phi) is 18.6. The van der Waals surface area contributed by atoms with Gasteiger partial charge < -0.3 is 60.8 Å². The third-order valence-corrected chi connectivity index (χ3v) is 11.8. The van der Waals surface area contributed by atoms with Gasteiger partial charge in [0.05, 0.1) is 49.1 Å². The van der Waals surface area contributed by atoms with E-state index >= 15 is 0 Å². The predicted octanol–water partition coefficient (Wildman–Crippen LogP) is 4.90. The van der Waals surface area contributed by atoms with E-state index < -0.39 is 118 Å². The monoisotopic (exact) mass is 901 g/mol. The predicted molar refractivity (Wildman–Crippen MR) is 208 cm³/mol. The highest BCUT2D eigenvalue weighted by Gasteiger charge is 2.51. The van der Waals surface area contributed by atoms with Gasteiger partial charge in [-0.2, -0.15) is 26.3 Å². The Morgan fingerprint density at radius 3 is 1.82 bits per heavy atom. The smallest absolute Gasteiger partial charge is 0.394 e. The van der Waals surface area contributed by atoms with Crippen molar-refractivity contribution in [2.45, 2.75) is 126 Å². The Hall–Kier alpha value is -3.57. The molecule has 0 spiro atoms. The van der Waals surface area contributed by atoms with Crippen LogP contribution in [0.15, 0.2) is 48.5 Å². The van der Waals surface area contributed by atoms with Crippen LogP contribution in [0.5, 0.6) is 0 Å². The van der Waals surface area contributed by atoms with Crippen molar-refractivity contribution in [3.05, 3.63) is 59.7 Å². The highest BCUT2D eigenvalue weighted by Crippen LogP contribution is 2.40. The first kappa shape index (κ1) is 50.1. The number of carbonyl (C=O) groups is 2. The quantitative estimate of drug-likeness (QED) is 0.0515. The van der Waals surface area contributed by atoms with E-state index in [1.165, 1.54) is 6.07 Å². The number of rotatable bonds is 19. The second kappa shape index (κ2) is 22.7. The van der Waals surface area contributed by atoms with Gasteiger partial charge in [0.25, 0.3) is 7.52 Å². The number of urea groups is 2. The fraction of sp³-hybridized carbons (Fsp3) is 0.632. The molecule has 2 aromatic carbocycles. The summed E-state index contributed by atoms with van der Waals surface area (Å²) in [6, 6.07) is 0.248. The van der Waals surface area contributed by atoms with E-state index in [1.807, 2.05) is 0 Å². The molecule has 4 amide bonds. The molecule has 61 heavy (non-hydrogen) atoms. The number of amides is 4. The summed E-state index contributed by atoms with van der Waals surface area (Å²) in [4.78, 5) is 37.7. The molecule has 16 nitrogen and oxygen atoms in total. The molecule has 10 atom stereocenters. The van der Waals surface area contributed by atoms with Crippen LogP contribution in [0.1, 0.15) is 69.4 Å². The number of aliphatic hydroxyl groups is 4. The van der Waals surface area contributed by atoms with Crippen LogP contribution >= 0.6 is 7.52 Å². The zero-order valence-corrected chi connectivity index (χ0v) is 34.1. The molecule has 2 aliphatic heterocycles. The molecule has 344 valence electrons. The lowest BCUT2D eigenvalue weighted by Crippen LogP contribution is -2.70. The van der Waals surface area contributed by atoms with Crippen LogP contribution in [0.25, 0.3) is 0 Å². The normalized spacial score (nSPS) is 26.9. The molecule has 0 aromatic heterocycles. The topological polar surface area (TPSA) is 240 Å². The van der Waals surface area contributed by atoms with Gasteiger partial charge >= 0.3 is 24.4 Å². The summed E-state index contributed by atoms with van der Waals surface area (Å²) < 4.78 is 112. The van der Waals surface area contributed by atoms with E-state index in [0.717, 1.165) is 68.9 Å². The minimum atomic E-state index is -4.76. The summed E-state index contributed by atoms with van der Waals surface area (Å²) in [5.74, 6) is 0. The minimum absolute atomic E-state index is 0.241. The molecular weight excluding hydrogens is 847 g/mol. The lowest BCUT2D eigenvalue weighted by molar-refractivity contribution is -0.293. The van der Waals surface area contributed by atoms with E-state index in [-0.39, 0.29) is 17.5 Å². The fourth-order valence-corrected chi connectivity index (χ4v) is 8.54. The Morgan fingerprint density at radius 1 is 0.770 bits per heavy atom. The molecule has 0 radical (unpaired) electrons. The second-order valence-corrected chi connectivity index (χ2v) is 17.0. The van der Waals surface area contributed by atoms with Gasteiger partial charge in [-0.3, -0.25) is 4.57 Å². The Bertz CT molecular complexity index is 1760. The average molecular weight is 902 g/mol. The molecule has 4 rings (SSSR count). The maximum atomic E-state index is 13.7. The van der Waals surface area contributed by atoms with Gasteiger partial charge in [0, 0.05) is 17.5 Å². The number of anilines is 2. The zero-order valence-electron chi connectivity index (χ0n) is 33.2. The number of alkyl halides is 6. The number of halogens is 6. The van der Waals surface area contributed by atoms with Crippen molar-refractivity contribution in [2.75, 3.05) is 36.6 Å². The van der Waals surface area contributed by atoms with E-state index in [4.69, 9.17) is 14.2 Å². The lowest BCUT2D eigenvalue weighted by Gasteiger charge is -2.48. The largest absolute Gasteiger partial charge is 0.416 e. The molecule has 2 aromatic rings. The van der Waals surface area contributed by atoms with Gasteiger partial charge in [0.1, 0.15) is 30.5 Å². The maximum Gasteiger partial charge on any atom is 0.416 e. The molecular formula is C38H54F6N5O11P. The second-order valence-electron chi connectivity index (χ2n) is 14.9. The fourth-order valence-electron chi connectivity index (χ4n) is 6.98. The molecule has 0 aliphatic carbocycles. The van der Waals surface area contributed by atoms with E-state index in [0.29, 0.717) is 25.0 Å². The van der Waals surface area contributed by atoms with Crippen molar-refractivity contribution in [3.63, 3.8) is 0 Å². The first-order chi connectivity index (χ1) is 28.8. The van der Waals surface area contributed by atoms with Crippen molar-refractivity contribution in [1.29, 1.82) is 0 Å². The van der Waals surface area contributed by atoms with E-state index in [2.05, 4.69) is 33.3 Å². The number of aliphatic hydroxyl groups excluding tert-OH is 4. The first-order valence-corrected chi connectivity index (χ1v) is 21.7. The molecule has 2 fully saturated rings. The third-order valence-electron chi connectivity index (χ3n) is 10.2. The van der Waals surface area contributed by atoms with E-state index in [1.54, 1.807) is 0 Å². The van der Waals surface area contributed by atoms with Crippen LogP contribution in [0, 0.1) is 0 Å². The van der Waals surface area contributed by atoms with Crippen molar-refractivity contribution in [2.24, 2.45) is 0 Å². The van der Waals surface area contributed by atoms with Crippen molar-refractivity contribution >= 4 is 31.0 Å². The third kappa shape index (κ3) is 15.0. The summed E-state index contributed by atoms with van der Waals surface area (Å²) in [5.41, 5.74) is -2.76. The number of ether oxygens (including phenoxy) is 3. The van der Waals surface area contributed by atoms with E-state index in [9.17, 15) is 65.8 Å². The molecule has 0 bridgehead atoms. The highest BCUT2D eigenvalue weighted by molar-refractivity contribution is 7.55. The van der Waals surface area contributed by atoms with Crippen molar-refractivity contribution in [3.8, 4) is 0 Å². The zero-order chi connectivity index (χ0) is 45.0. The summed E-state index contributed by atoms with van der Waals surface area (Å²) in [6.07, 6.45) is -13.1. The van der Waals surface area contributed by atoms with Gasteiger partial charge in [0.2, 0.25) is 0 Å². The average Bonchev–Trinajstić information content (AvgIpc) is 3.19. The minimum Gasteiger partial charge on any atom is -0.394 e. The van der Waals surface area contributed by atoms with Crippen LogP contribution in [-0.4, -0.2) is 118 Å². The summed E-state index contributed by atoms with van der Waals surface area (Å²) >= 11 is 0. The number of nitrogens with one attached hydrogen (secondary N) is 5.